The predicted molar refractivity (Wildman–Crippen MR) is 108 cm³/mol. The van der Waals surface area contributed by atoms with Gasteiger partial charge in [-0.1, -0.05) is 43.0 Å². The highest BCUT2D eigenvalue weighted by Crippen LogP contribution is 2.36. The molecule has 2 heterocycles. The summed E-state index contributed by atoms with van der Waals surface area (Å²) in [5, 5.41) is 0.794. The fraction of sp³-hybridized carbons (Fsp3) is 0.381. The molecule has 0 unspecified atom stereocenters. The average molecular weight is 418 g/mol. The zero-order chi connectivity index (χ0) is 17.4. The molecule has 0 amide bonds. The van der Waals surface area contributed by atoms with E-state index in [1.165, 1.54) is 54.6 Å². The summed E-state index contributed by atoms with van der Waals surface area (Å²) in [6.45, 7) is 2.14. The smallest absolute Gasteiger partial charge is 0.140 e. The second-order valence-corrected chi connectivity index (χ2v) is 8.47. The van der Waals surface area contributed by atoms with Crippen molar-refractivity contribution in [3.63, 3.8) is 0 Å². The minimum Gasteiger partial charge on any atom is -0.302 e. The Balaban J connectivity index is 1.86. The monoisotopic (exact) mass is 416 g/mol. The van der Waals surface area contributed by atoms with Crippen molar-refractivity contribution >= 4 is 33.2 Å². The van der Waals surface area contributed by atoms with E-state index in [9.17, 15) is 0 Å². The average Bonchev–Trinajstić information content (AvgIpc) is 2.95. The molecule has 25 heavy (non-hydrogen) atoms. The van der Waals surface area contributed by atoms with Crippen LogP contribution in [0.3, 0.4) is 0 Å². The molecule has 130 valence electrons. The Kier molecular flexibility index (Phi) is 4.88. The first kappa shape index (κ1) is 17.1. The molecule has 1 aliphatic rings. The molecule has 2 aromatic heterocycles. The first-order valence-electron chi connectivity index (χ1n) is 9.03. The molecule has 4 heteroatoms. The quantitative estimate of drug-likeness (QED) is 0.463. The summed E-state index contributed by atoms with van der Waals surface area (Å²) in [6, 6.07) is 10.3. The molecule has 1 fully saturated rings. The van der Waals surface area contributed by atoms with E-state index in [2.05, 4.69) is 51.7 Å². The molecule has 1 saturated carbocycles. The van der Waals surface area contributed by atoms with Gasteiger partial charge in [0.2, 0.25) is 0 Å². The molecule has 0 saturated heterocycles. The van der Waals surface area contributed by atoms with E-state index in [1.807, 2.05) is 12.1 Å². The summed E-state index contributed by atoms with van der Waals surface area (Å²) in [5.41, 5.74) is 6.14. The molecule has 2 nitrogen and oxygen atoms in total. The largest absolute Gasteiger partial charge is 0.302 e. The highest BCUT2D eigenvalue weighted by Gasteiger charge is 2.24. The minimum atomic E-state index is 0.584. The van der Waals surface area contributed by atoms with E-state index in [4.69, 9.17) is 16.6 Å². The zero-order valence-electron chi connectivity index (χ0n) is 14.4. The summed E-state index contributed by atoms with van der Waals surface area (Å²) in [4.78, 5) is 5.10. The van der Waals surface area contributed by atoms with Crippen molar-refractivity contribution < 1.29 is 0 Å². The number of hydrogen-bond acceptors (Lipinski definition) is 1. The van der Waals surface area contributed by atoms with Crippen LogP contribution in [-0.2, 0) is 6.42 Å². The highest BCUT2D eigenvalue weighted by molar-refractivity contribution is 9.10. The molecular formula is C21H22BrClN2. The number of pyridine rings is 1. The molecule has 0 radical (unpaired) electrons. The third kappa shape index (κ3) is 3.50. The number of hydrogen-bond donors (Lipinski definition) is 0. The number of fused-ring (bicyclic) bond motifs is 1. The van der Waals surface area contributed by atoms with Crippen LogP contribution in [-0.4, -0.2) is 9.38 Å². The lowest BCUT2D eigenvalue weighted by Gasteiger charge is -2.21. The van der Waals surface area contributed by atoms with E-state index in [1.54, 1.807) is 0 Å². The third-order valence-electron chi connectivity index (χ3n) is 5.25. The first-order chi connectivity index (χ1) is 12.1. The van der Waals surface area contributed by atoms with Gasteiger partial charge in [-0.15, -0.1) is 0 Å². The minimum absolute atomic E-state index is 0.584. The van der Waals surface area contributed by atoms with E-state index in [0.29, 0.717) is 5.92 Å². The molecule has 0 atom stereocenters. The molecular weight excluding hydrogens is 396 g/mol. The number of aryl methyl sites for hydroxylation is 1. The third-order valence-corrected chi connectivity index (χ3v) is 5.92. The van der Waals surface area contributed by atoms with Crippen LogP contribution in [0.1, 0.15) is 60.5 Å². The fourth-order valence-electron chi connectivity index (χ4n) is 4.05. The molecule has 0 bridgehead atoms. The molecule has 1 aliphatic carbocycles. The van der Waals surface area contributed by atoms with Gasteiger partial charge in [-0.05, 0) is 65.0 Å². The van der Waals surface area contributed by atoms with Gasteiger partial charge in [-0.25, -0.2) is 4.98 Å². The number of imidazole rings is 1. The van der Waals surface area contributed by atoms with Crippen LogP contribution in [0.25, 0.3) is 5.65 Å². The van der Waals surface area contributed by atoms with Gasteiger partial charge in [-0.3, -0.25) is 0 Å². The van der Waals surface area contributed by atoms with Gasteiger partial charge in [0, 0.05) is 28.0 Å². The highest BCUT2D eigenvalue weighted by atomic mass is 79.9. The van der Waals surface area contributed by atoms with E-state index in [-0.39, 0.29) is 0 Å². The number of benzene rings is 1. The van der Waals surface area contributed by atoms with Crippen LogP contribution in [0.2, 0.25) is 5.02 Å². The van der Waals surface area contributed by atoms with Crippen LogP contribution in [0.4, 0.5) is 0 Å². The van der Waals surface area contributed by atoms with Gasteiger partial charge in [0.05, 0.1) is 11.4 Å². The number of rotatable bonds is 3. The maximum absolute atomic E-state index is 6.21. The second kappa shape index (κ2) is 7.13. The summed E-state index contributed by atoms with van der Waals surface area (Å²) >= 11 is 9.86. The van der Waals surface area contributed by atoms with Crippen LogP contribution in [0, 0.1) is 6.92 Å². The summed E-state index contributed by atoms with van der Waals surface area (Å²) in [5.74, 6) is 0.584. The van der Waals surface area contributed by atoms with Crippen LogP contribution < -0.4 is 0 Å². The first-order valence-corrected chi connectivity index (χ1v) is 10.2. The molecule has 4 rings (SSSR count). The maximum atomic E-state index is 6.21. The molecule has 3 aromatic rings. The fourth-order valence-corrected chi connectivity index (χ4v) is 4.81. The van der Waals surface area contributed by atoms with Crippen LogP contribution in [0.5, 0.6) is 0 Å². The summed E-state index contributed by atoms with van der Waals surface area (Å²) in [6.07, 6.45) is 9.53. The van der Waals surface area contributed by atoms with Crippen LogP contribution >= 0.6 is 27.5 Å². The number of nitrogens with zero attached hydrogens (tertiary/aromatic N) is 2. The Morgan fingerprint density at radius 2 is 2.00 bits per heavy atom. The van der Waals surface area contributed by atoms with Crippen molar-refractivity contribution in [2.75, 3.05) is 0 Å². The van der Waals surface area contributed by atoms with Crippen molar-refractivity contribution in [2.45, 2.75) is 51.4 Å². The second-order valence-electron chi connectivity index (χ2n) is 7.12. The summed E-state index contributed by atoms with van der Waals surface area (Å²) in [7, 11) is 0. The topological polar surface area (TPSA) is 17.3 Å². The lowest BCUT2D eigenvalue weighted by molar-refractivity contribution is 0.436. The Morgan fingerprint density at radius 1 is 1.20 bits per heavy atom. The summed E-state index contributed by atoms with van der Waals surface area (Å²) < 4.78 is 3.38. The van der Waals surface area contributed by atoms with Crippen LogP contribution in [0.15, 0.2) is 41.0 Å². The van der Waals surface area contributed by atoms with Crippen molar-refractivity contribution in [3.05, 3.63) is 68.5 Å². The van der Waals surface area contributed by atoms with Crippen molar-refractivity contribution in [1.82, 2.24) is 9.38 Å². The lowest BCUT2D eigenvalue weighted by Crippen LogP contribution is -2.08. The van der Waals surface area contributed by atoms with Crippen molar-refractivity contribution in [1.29, 1.82) is 0 Å². The van der Waals surface area contributed by atoms with Gasteiger partial charge in [0.25, 0.3) is 0 Å². The van der Waals surface area contributed by atoms with E-state index < -0.39 is 0 Å². The van der Waals surface area contributed by atoms with Gasteiger partial charge < -0.3 is 4.40 Å². The van der Waals surface area contributed by atoms with Crippen molar-refractivity contribution in [2.24, 2.45) is 0 Å². The van der Waals surface area contributed by atoms with Gasteiger partial charge in [-0.2, -0.15) is 0 Å². The molecule has 1 aromatic carbocycles. The predicted octanol–water partition coefficient (Wildman–Crippen LogP) is 6.70. The molecule has 0 spiro atoms. The molecule has 0 aliphatic heterocycles. The Hall–Kier alpha value is -1.32. The number of aromatic nitrogens is 2. The Bertz CT molecular complexity index is 910. The van der Waals surface area contributed by atoms with E-state index >= 15 is 0 Å². The lowest BCUT2D eigenvalue weighted by atomic mass is 9.85. The van der Waals surface area contributed by atoms with Gasteiger partial charge in [0.1, 0.15) is 5.65 Å². The Labute approximate surface area is 162 Å². The van der Waals surface area contributed by atoms with Gasteiger partial charge >= 0.3 is 0 Å². The zero-order valence-corrected chi connectivity index (χ0v) is 16.8. The maximum Gasteiger partial charge on any atom is 0.140 e. The van der Waals surface area contributed by atoms with Gasteiger partial charge in [0.15, 0.2) is 0 Å². The molecule has 0 N–H and O–H groups in total. The standard InChI is InChI=1S/C21H22BrClN2/c1-14-10-17(22)13-25-19(12-15-6-5-9-18(23)11-15)20(24-21(14)25)16-7-3-2-4-8-16/h5-6,9-11,13,16H,2-4,7-8,12H2,1H3. The number of halogens is 2. The van der Waals surface area contributed by atoms with E-state index in [0.717, 1.165) is 21.6 Å². The Morgan fingerprint density at radius 3 is 2.76 bits per heavy atom. The van der Waals surface area contributed by atoms with Crippen molar-refractivity contribution in [3.8, 4) is 0 Å². The SMILES string of the molecule is Cc1cc(Br)cn2c(Cc3cccc(Cl)c3)c(C3CCCCC3)nc12. The normalized spacial score (nSPS) is 15.8.